The number of hydrogen-bond donors (Lipinski definition) is 1. The molecule has 32 heavy (non-hydrogen) atoms. The maximum Gasteiger partial charge on any atom is 0.244 e. The van der Waals surface area contributed by atoms with Crippen molar-refractivity contribution < 1.29 is 13.2 Å². The van der Waals surface area contributed by atoms with E-state index in [2.05, 4.69) is 5.32 Å². The van der Waals surface area contributed by atoms with E-state index in [-0.39, 0.29) is 0 Å². The first kappa shape index (κ1) is 23.8. The molecule has 0 spiro atoms. The van der Waals surface area contributed by atoms with Crippen LogP contribution in [0.3, 0.4) is 0 Å². The van der Waals surface area contributed by atoms with Gasteiger partial charge in [0.15, 0.2) is 0 Å². The van der Waals surface area contributed by atoms with Crippen LogP contribution in [-0.4, -0.2) is 26.6 Å². The SMILES string of the molecule is Cc1ccccc1[C@H](NC(=O)[C@@H](C)N(c1cc(Cl)ccc1C)S(C)(=O)=O)c1ccccc1. The quantitative estimate of drug-likeness (QED) is 0.527. The lowest BCUT2D eigenvalue weighted by Crippen LogP contribution is -2.49. The van der Waals surface area contributed by atoms with E-state index >= 15 is 0 Å². The van der Waals surface area contributed by atoms with Crippen molar-refractivity contribution in [3.8, 4) is 0 Å². The summed E-state index contributed by atoms with van der Waals surface area (Å²) in [5, 5.41) is 3.47. The number of halogens is 1. The summed E-state index contributed by atoms with van der Waals surface area (Å²) in [6, 6.07) is 21.0. The second kappa shape index (κ2) is 9.76. The van der Waals surface area contributed by atoms with E-state index in [0.29, 0.717) is 16.3 Å². The maximum absolute atomic E-state index is 13.4. The van der Waals surface area contributed by atoms with Crippen molar-refractivity contribution in [2.75, 3.05) is 10.6 Å². The number of hydrogen-bond acceptors (Lipinski definition) is 3. The molecule has 0 aliphatic heterocycles. The van der Waals surface area contributed by atoms with Crippen molar-refractivity contribution in [2.45, 2.75) is 32.9 Å². The summed E-state index contributed by atoms with van der Waals surface area (Å²) < 4.78 is 26.6. The minimum atomic E-state index is -3.76. The monoisotopic (exact) mass is 470 g/mol. The van der Waals surface area contributed by atoms with Gasteiger partial charge >= 0.3 is 0 Å². The van der Waals surface area contributed by atoms with Crippen LogP contribution in [0.5, 0.6) is 0 Å². The molecule has 3 aromatic rings. The third-order valence-electron chi connectivity index (χ3n) is 5.42. The van der Waals surface area contributed by atoms with Crippen LogP contribution in [0.2, 0.25) is 5.02 Å². The summed E-state index contributed by atoms with van der Waals surface area (Å²) in [5.41, 5.74) is 3.98. The summed E-state index contributed by atoms with van der Waals surface area (Å²) >= 11 is 6.14. The van der Waals surface area contributed by atoms with Crippen molar-refractivity contribution in [3.05, 3.63) is 100 Å². The molecule has 0 aliphatic rings. The number of nitrogens with zero attached hydrogens (tertiary/aromatic N) is 1. The molecule has 0 bridgehead atoms. The number of carbonyl (C=O) groups is 1. The van der Waals surface area contributed by atoms with Gasteiger partial charge in [-0.05, 0) is 55.2 Å². The second-order valence-corrected chi connectivity index (χ2v) is 10.2. The molecule has 0 saturated carbocycles. The molecule has 0 aromatic heterocycles. The highest BCUT2D eigenvalue weighted by Gasteiger charge is 2.32. The lowest BCUT2D eigenvalue weighted by molar-refractivity contribution is -0.122. The fraction of sp³-hybridized carbons (Fsp3) is 0.240. The van der Waals surface area contributed by atoms with Gasteiger partial charge in [0, 0.05) is 5.02 Å². The van der Waals surface area contributed by atoms with Gasteiger partial charge in [-0.2, -0.15) is 0 Å². The van der Waals surface area contributed by atoms with Gasteiger partial charge in [0.2, 0.25) is 15.9 Å². The number of sulfonamides is 1. The van der Waals surface area contributed by atoms with Crippen LogP contribution in [0, 0.1) is 13.8 Å². The maximum atomic E-state index is 13.4. The Morgan fingerprint density at radius 1 is 0.938 bits per heavy atom. The van der Waals surface area contributed by atoms with Gasteiger partial charge in [-0.15, -0.1) is 0 Å². The number of aryl methyl sites for hydroxylation is 2. The number of carbonyl (C=O) groups excluding carboxylic acids is 1. The molecule has 0 heterocycles. The number of anilines is 1. The molecule has 3 rings (SSSR count). The van der Waals surface area contributed by atoms with Crippen molar-refractivity contribution in [3.63, 3.8) is 0 Å². The third kappa shape index (κ3) is 5.31. The lowest BCUT2D eigenvalue weighted by atomic mass is 9.94. The lowest BCUT2D eigenvalue weighted by Gasteiger charge is -2.31. The third-order valence-corrected chi connectivity index (χ3v) is 6.88. The average molecular weight is 471 g/mol. The van der Waals surface area contributed by atoms with Crippen LogP contribution in [0.25, 0.3) is 0 Å². The van der Waals surface area contributed by atoms with E-state index < -0.39 is 28.0 Å². The Kier molecular flexibility index (Phi) is 7.26. The van der Waals surface area contributed by atoms with E-state index in [9.17, 15) is 13.2 Å². The summed E-state index contributed by atoms with van der Waals surface area (Å²) in [4.78, 5) is 13.4. The summed E-state index contributed by atoms with van der Waals surface area (Å²) in [6.07, 6.45) is 1.09. The Hall–Kier alpha value is -2.83. The van der Waals surface area contributed by atoms with Gasteiger partial charge in [0.25, 0.3) is 0 Å². The second-order valence-electron chi connectivity index (χ2n) is 7.87. The minimum absolute atomic E-state index is 0.384. The standard InChI is InChI=1S/C25H27ClN2O3S/c1-17-10-8-9-13-22(17)24(20-11-6-5-7-12-20)27-25(29)19(3)28(32(4,30)31)23-16-21(26)15-14-18(23)2/h5-16,19,24H,1-4H3,(H,27,29)/t19-,24-/m1/s1. The molecule has 0 aliphatic carbocycles. The fourth-order valence-electron chi connectivity index (χ4n) is 3.76. The highest BCUT2D eigenvalue weighted by Crippen LogP contribution is 2.29. The molecule has 0 unspecified atom stereocenters. The van der Waals surface area contributed by atoms with Crippen LogP contribution >= 0.6 is 11.6 Å². The van der Waals surface area contributed by atoms with Crippen LogP contribution in [0.4, 0.5) is 5.69 Å². The van der Waals surface area contributed by atoms with Crippen molar-refractivity contribution >= 4 is 33.2 Å². The Morgan fingerprint density at radius 3 is 2.19 bits per heavy atom. The first-order valence-electron chi connectivity index (χ1n) is 10.3. The predicted octanol–water partition coefficient (Wildman–Crippen LogP) is 5.02. The average Bonchev–Trinajstić information content (AvgIpc) is 2.74. The molecule has 168 valence electrons. The van der Waals surface area contributed by atoms with Crippen molar-refractivity contribution in [2.24, 2.45) is 0 Å². The van der Waals surface area contributed by atoms with Gasteiger partial charge < -0.3 is 5.32 Å². The van der Waals surface area contributed by atoms with Gasteiger partial charge in [-0.25, -0.2) is 8.42 Å². The molecule has 3 aromatic carbocycles. The number of benzene rings is 3. The number of rotatable bonds is 7. The van der Waals surface area contributed by atoms with Crippen LogP contribution < -0.4 is 9.62 Å². The summed E-state index contributed by atoms with van der Waals surface area (Å²) in [5.74, 6) is -0.410. The van der Waals surface area contributed by atoms with E-state index in [1.54, 1.807) is 32.0 Å². The Labute approximate surface area is 195 Å². The predicted molar refractivity (Wildman–Crippen MR) is 131 cm³/mol. The van der Waals surface area contributed by atoms with Crippen LogP contribution in [0.1, 0.15) is 35.2 Å². The topological polar surface area (TPSA) is 66.5 Å². The van der Waals surface area contributed by atoms with Crippen molar-refractivity contribution in [1.82, 2.24) is 5.32 Å². The van der Waals surface area contributed by atoms with E-state index in [1.165, 1.54) is 0 Å². The molecule has 0 fully saturated rings. The van der Waals surface area contributed by atoms with E-state index in [4.69, 9.17) is 11.6 Å². The molecular formula is C25H27ClN2O3S. The zero-order valence-corrected chi connectivity index (χ0v) is 20.1. The largest absolute Gasteiger partial charge is 0.343 e. The van der Waals surface area contributed by atoms with Gasteiger partial charge in [0.05, 0.1) is 18.0 Å². The van der Waals surface area contributed by atoms with Crippen molar-refractivity contribution in [1.29, 1.82) is 0 Å². The molecule has 1 N–H and O–H groups in total. The van der Waals surface area contributed by atoms with Gasteiger partial charge in [-0.3, -0.25) is 9.10 Å². The molecule has 7 heteroatoms. The Balaban J connectivity index is 2.01. The number of amides is 1. The molecular weight excluding hydrogens is 444 g/mol. The van der Waals surface area contributed by atoms with Crippen LogP contribution in [-0.2, 0) is 14.8 Å². The normalized spacial score (nSPS) is 13.3. The molecule has 2 atom stereocenters. The minimum Gasteiger partial charge on any atom is -0.343 e. The first-order chi connectivity index (χ1) is 15.1. The molecule has 0 radical (unpaired) electrons. The first-order valence-corrected chi connectivity index (χ1v) is 12.5. The van der Waals surface area contributed by atoms with Gasteiger partial charge in [-0.1, -0.05) is 72.3 Å². The van der Waals surface area contributed by atoms with Crippen LogP contribution in [0.15, 0.2) is 72.8 Å². The zero-order chi connectivity index (χ0) is 23.5. The summed E-state index contributed by atoms with van der Waals surface area (Å²) in [6.45, 7) is 5.35. The highest BCUT2D eigenvalue weighted by molar-refractivity contribution is 7.92. The Morgan fingerprint density at radius 2 is 1.56 bits per heavy atom. The highest BCUT2D eigenvalue weighted by atomic mass is 35.5. The zero-order valence-electron chi connectivity index (χ0n) is 18.5. The fourth-order valence-corrected chi connectivity index (χ4v) is 5.15. The summed E-state index contributed by atoms with van der Waals surface area (Å²) in [7, 11) is -3.76. The molecule has 0 saturated heterocycles. The van der Waals surface area contributed by atoms with Gasteiger partial charge in [0.1, 0.15) is 6.04 Å². The molecule has 1 amide bonds. The smallest absolute Gasteiger partial charge is 0.244 e. The van der Waals surface area contributed by atoms with E-state index in [0.717, 1.165) is 27.3 Å². The molecule has 5 nitrogen and oxygen atoms in total. The number of nitrogens with one attached hydrogen (secondary N) is 1. The Bertz CT molecular complexity index is 1210. The van der Waals surface area contributed by atoms with E-state index in [1.807, 2.05) is 61.5 Å².